The van der Waals surface area contributed by atoms with Gasteiger partial charge in [-0.3, -0.25) is 0 Å². The number of aliphatic hydroxyl groups is 1. The molecule has 1 rings (SSSR count). The van der Waals surface area contributed by atoms with Gasteiger partial charge in [0.05, 0.1) is 18.8 Å². The Bertz CT molecular complexity index is 378. The Labute approximate surface area is 108 Å². The lowest BCUT2D eigenvalue weighted by atomic mass is 9.93. The molecule has 1 aromatic rings. The second-order valence-electron chi connectivity index (χ2n) is 4.97. The minimum atomic E-state index is -0.824. The fourth-order valence-corrected chi connectivity index (χ4v) is 1.51. The second kappa shape index (κ2) is 6.40. The zero-order valence-corrected chi connectivity index (χ0v) is 11.1. The van der Waals surface area contributed by atoms with Crippen LogP contribution in [0.2, 0.25) is 0 Å². The lowest BCUT2D eigenvalue weighted by molar-refractivity contribution is 0.107. The molecular formula is C14H21NO3. The SMILES string of the molecule is CC(C)COC(=O)NC(C)(CO)c1ccccc1. The third-order valence-corrected chi connectivity index (χ3v) is 2.65. The van der Waals surface area contributed by atoms with Crippen LogP contribution in [0.15, 0.2) is 30.3 Å². The Morgan fingerprint density at radius 3 is 2.50 bits per heavy atom. The first-order valence-electron chi connectivity index (χ1n) is 6.09. The maximum Gasteiger partial charge on any atom is 0.407 e. The van der Waals surface area contributed by atoms with Crippen molar-refractivity contribution in [2.75, 3.05) is 13.2 Å². The number of aliphatic hydroxyl groups excluding tert-OH is 1. The van der Waals surface area contributed by atoms with Gasteiger partial charge in [0.2, 0.25) is 0 Å². The Kier molecular flexibility index (Phi) is 5.16. The minimum Gasteiger partial charge on any atom is -0.449 e. The minimum absolute atomic E-state index is 0.187. The van der Waals surface area contributed by atoms with Gasteiger partial charge in [0.1, 0.15) is 0 Å². The van der Waals surface area contributed by atoms with Crippen molar-refractivity contribution in [2.24, 2.45) is 5.92 Å². The van der Waals surface area contributed by atoms with Crippen molar-refractivity contribution < 1.29 is 14.6 Å². The molecule has 1 aromatic carbocycles. The molecular weight excluding hydrogens is 230 g/mol. The summed E-state index contributed by atoms with van der Waals surface area (Å²) in [6.07, 6.45) is -0.510. The van der Waals surface area contributed by atoms with Gasteiger partial charge >= 0.3 is 6.09 Å². The van der Waals surface area contributed by atoms with E-state index in [1.54, 1.807) is 6.92 Å². The summed E-state index contributed by atoms with van der Waals surface area (Å²) < 4.78 is 5.06. The Hall–Kier alpha value is -1.55. The van der Waals surface area contributed by atoms with E-state index in [9.17, 15) is 9.90 Å². The summed E-state index contributed by atoms with van der Waals surface area (Å²) in [7, 11) is 0. The van der Waals surface area contributed by atoms with Gasteiger partial charge in [-0.2, -0.15) is 0 Å². The number of rotatable bonds is 5. The van der Waals surface area contributed by atoms with Gasteiger partial charge in [-0.05, 0) is 18.4 Å². The number of benzene rings is 1. The quantitative estimate of drug-likeness (QED) is 0.844. The smallest absolute Gasteiger partial charge is 0.407 e. The zero-order valence-electron chi connectivity index (χ0n) is 11.1. The molecule has 4 heteroatoms. The molecule has 0 bridgehead atoms. The maximum absolute atomic E-state index is 11.7. The molecule has 0 saturated heterocycles. The van der Waals surface area contributed by atoms with Crippen molar-refractivity contribution in [1.82, 2.24) is 5.32 Å². The standard InChI is InChI=1S/C14H21NO3/c1-11(2)9-18-13(17)15-14(3,10-16)12-7-5-4-6-8-12/h4-8,11,16H,9-10H2,1-3H3,(H,15,17). The molecule has 0 fully saturated rings. The molecule has 18 heavy (non-hydrogen) atoms. The average Bonchev–Trinajstić information content (AvgIpc) is 2.37. The van der Waals surface area contributed by atoms with Crippen molar-refractivity contribution >= 4 is 6.09 Å². The number of nitrogens with one attached hydrogen (secondary N) is 1. The molecule has 0 saturated carbocycles. The molecule has 4 nitrogen and oxygen atoms in total. The summed E-state index contributed by atoms with van der Waals surface area (Å²) in [4.78, 5) is 11.7. The van der Waals surface area contributed by atoms with E-state index in [1.807, 2.05) is 44.2 Å². The molecule has 1 amide bonds. The summed E-state index contributed by atoms with van der Waals surface area (Å²) in [6, 6.07) is 9.34. The Morgan fingerprint density at radius 2 is 2.00 bits per heavy atom. The molecule has 0 aliphatic rings. The van der Waals surface area contributed by atoms with Crippen molar-refractivity contribution in [1.29, 1.82) is 0 Å². The van der Waals surface area contributed by atoms with Crippen molar-refractivity contribution in [3.05, 3.63) is 35.9 Å². The summed E-state index contributed by atoms with van der Waals surface area (Å²) in [5.74, 6) is 0.285. The highest BCUT2D eigenvalue weighted by Gasteiger charge is 2.28. The summed E-state index contributed by atoms with van der Waals surface area (Å²) in [6.45, 7) is 5.88. The number of alkyl carbamates (subject to hydrolysis) is 1. The third kappa shape index (κ3) is 4.04. The van der Waals surface area contributed by atoms with Crippen LogP contribution in [0.25, 0.3) is 0 Å². The summed E-state index contributed by atoms with van der Waals surface area (Å²) in [5, 5.41) is 12.2. The highest BCUT2D eigenvalue weighted by molar-refractivity contribution is 5.68. The van der Waals surface area contributed by atoms with Crippen molar-refractivity contribution in [3.63, 3.8) is 0 Å². The molecule has 1 atom stereocenters. The summed E-state index contributed by atoms with van der Waals surface area (Å²) >= 11 is 0. The van der Waals surface area contributed by atoms with E-state index in [1.165, 1.54) is 0 Å². The predicted molar refractivity (Wildman–Crippen MR) is 70.2 cm³/mol. The molecule has 0 radical (unpaired) electrons. The lowest BCUT2D eigenvalue weighted by Gasteiger charge is -2.28. The van der Waals surface area contributed by atoms with E-state index < -0.39 is 11.6 Å². The number of hydrogen-bond acceptors (Lipinski definition) is 3. The van der Waals surface area contributed by atoms with Crippen molar-refractivity contribution in [2.45, 2.75) is 26.3 Å². The van der Waals surface area contributed by atoms with Crippen LogP contribution in [0.1, 0.15) is 26.3 Å². The molecule has 2 N–H and O–H groups in total. The highest BCUT2D eigenvalue weighted by Crippen LogP contribution is 2.19. The molecule has 0 aliphatic carbocycles. The van der Waals surface area contributed by atoms with Gasteiger partial charge in [-0.15, -0.1) is 0 Å². The van der Waals surface area contributed by atoms with Gasteiger partial charge in [-0.1, -0.05) is 44.2 Å². The first-order chi connectivity index (χ1) is 8.48. The zero-order chi connectivity index (χ0) is 13.6. The predicted octanol–water partition coefficient (Wildman–Crippen LogP) is 2.28. The van der Waals surface area contributed by atoms with Gasteiger partial charge in [0.15, 0.2) is 0 Å². The largest absolute Gasteiger partial charge is 0.449 e. The van der Waals surface area contributed by atoms with E-state index in [4.69, 9.17) is 4.74 Å². The first-order valence-corrected chi connectivity index (χ1v) is 6.09. The fourth-order valence-electron chi connectivity index (χ4n) is 1.51. The van der Waals surface area contributed by atoms with Gasteiger partial charge < -0.3 is 15.2 Å². The third-order valence-electron chi connectivity index (χ3n) is 2.65. The van der Waals surface area contributed by atoms with E-state index in [2.05, 4.69) is 5.32 Å². The normalized spacial score (nSPS) is 14.1. The number of amides is 1. The van der Waals surface area contributed by atoms with Crippen LogP contribution < -0.4 is 5.32 Å². The second-order valence-corrected chi connectivity index (χ2v) is 4.97. The molecule has 1 unspecified atom stereocenters. The molecule has 0 aromatic heterocycles. The summed E-state index contributed by atoms with van der Waals surface area (Å²) in [5.41, 5.74) is 0.0176. The van der Waals surface area contributed by atoms with E-state index in [-0.39, 0.29) is 12.5 Å². The van der Waals surface area contributed by atoms with Crippen LogP contribution in [-0.4, -0.2) is 24.4 Å². The Morgan fingerprint density at radius 1 is 1.39 bits per heavy atom. The van der Waals surface area contributed by atoms with Crippen LogP contribution >= 0.6 is 0 Å². The van der Waals surface area contributed by atoms with Crippen LogP contribution in [0.4, 0.5) is 4.79 Å². The van der Waals surface area contributed by atoms with Gasteiger partial charge in [-0.25, -0.2) is 4.79 Å². The topological polar surface area (TPSA) is 58.6 Å². The average molecular weight is 251 g/mol. The number of hydrogen-bond donors (Lipinski definition) is 2. The number of carbonyl (C=O) groups is 1. The molecule has 0 aliphatic heterocycles. The van der Waals surface area contributed by atoms with Crippen molar-refractivity contribution in [3.8, 4) is 0 Å². The van der Waals surface area contributed by atoms with Gasteiger partial charge in [0, 0.05) is 0 Å². The molecule has 100 valence electrons. The van der Waals surface area contributed by atoms with Crippen LogP contribution in [-0.2, 0) is 10.3 Å². The van der Waals surface area contributed by atoms with Crippen LogP contribution in [0.5, 0.6) is 0 Å². The van der Waals surface area contributed by atoms with E-state index in [0.29, 0.717) is 6.61 Å². The first kappa shape index (κ1) is 14.5. The highest BCUT2D eigenvalue weighted by atomic mass is 16.5. The van der Waals surface area contributed by atoms with E-state index >= 15 is 0 Å². The number of ether oxygens (including phenoxy) is 1. The van der Waals surface area contributed by atoms with Crippen LogP contribution in [0, 0.1) is 5.92 Å². The molecule has 0 spiro atoms. The monoisotopic (exact) mass is 251 g/mol. The number of carbonyl (C=O) groups excluding carboxylic acids is 1. The Balaban J connectivity index is 2.69. The molecule has 0 heterocycles. The van der Waals surface area contributed by atoms with Gasteiger partial charge in [0.25, 0.3) is 0 Å². The van der Waals surface area contributed by atoms with Crippen LogP contribution in [0.3, 0.4) is 0 Å². The maximum atomic E-state index is 11.7. The van der Waals surface area contributed by atoms with E-state index in [0.717, 1.165) is 5.56 Å². The lowest BCUT2D eigenvalue weighted by Crippen LogP contribution is -2.46. The fraction of sp³-hybridized carbons (Fsp3) is 0.500.